The molecule has 1 N–H and O–H groups in total. The van der Waals surface area contributed by atoms with Gasteiger partial charge in [-0.15, -0.1) is 5.10 Å². The highest BCUT2D eigenvalue weighted by molar-refractivity contribution is 5.90. The number of rotatable bonds is 7. The first-order valence-corrected chi connectivity index (χ1v) is 10.6. The molecule has 0 saturated heterocycles. The third kappa shape index (κ3) is 4.38. The van der Waals surface area contributed by atoms with Crippen LogP contribution in [0, 0.1) is 0 Å². The molecule has 1 aliphatic rings. The Labute approximate surface area is 181 Å². The van der Waals surface area contributed by atoms with Gasteiger partial charge in [0.15, 0.2) is 5.82 Å². The average molecular weight is 422 g/mol. The molecule has 0 spiro atoms. The molecule has 1 heterocycles. The third-order valence-electron chi connectivity index (χ3n) is 5.68. The first kappa shape index (κ1) is 20.8. The number of benzene rings is 2. The summed E-state index contributed by atoms with van der Waals surface area (Å²) in [4.78, 5) is 12.2. The fraction of sp³-hybridized carbons (Fsp3) is 0.391. The molecule has 1 aromatic heterocycles. The summed E-state index contributed by atoms with van der Waals surface area (Å²) in [5.74, 6) is 1.19. The number of nitrogens with one attached hydrogen (secondary N) is 1. The lowest BCUT2D eigenvalue weighted by Crippen LogP contribution is -2.40. The van der Waals surface area contributed by atoms with Gasteiger partial charge in [0.2, 0.25) is 0 Å². The molecule has 8 nitrogen and oxygen atoms in total. The van der Waals surface area contributed by atoms with Gasteiger partial charge in [0, 0.05) is 5.69 Å². The van der Waals surface area contributed by atoms with Crippen LogP contribution in [-0.2, 0) is 10.3 Å². The van der Waals surface area contributed by atoms with E-state index >= 15 is 0 Å². The molecule has 0 unspecified atom stereocenters. The maximum absolute atomic E-state index is 12.2. The highest BCUT2D eigenvalue weighted by atomic mass is 16.5. The lowest BCUT2D eigenvalue weighted by molar-refractivity contribution is 0.0526. The Morgan fingerprint density at radius 1 is 1.13 bits per heavy atom. The number of aromatic nitrogens is 4. The van der Waals surface area contributed by atoms with Gasteiger partial charge in [-0.1, -0.05) is 25.3 Å². The van der Waals surface area contributed by atoms with E-state index in [9.17, 15) is 4.79 Å². The van der Waals surface area contributed by atoms with E-state index in [2.05, 4.69) is 20.8 Å². The minimum Gasteiger partial charge on any atom is -0.497 e. The third-order valence-corrected chi connectivity index (χ3v) is 5.68. The number of tetrazole rings is 1. The number of carbonyl (C=O) groups excluding carboxylic acids is 1. The SMILES string of the molecule is CCOC(=O)c1cccc(-n2nnnc2C2(Nc3ccc(OC)cc3)CCCCC2)c1. The van der Waals surface area contributed by atoms with Gasteiger partial charge in [0.25, 0.3) is 0 Å². The van der Waals surface area contributed by atoms with Crippen molar-refractivity contribution in [3.63, 3.8) is 0 Å². The smallest absolute Gasteiger partial charge is 0.338 e. The number of nitrogens with zero attached hydrogens (tertiary/aromatic N) is 4. The van der Waals surface area contributed by atoms with Gasteiger partial charge < -0.3 is 14.8 Å². The van der Waals surface area contributed by atoms with Crippen LogP contribution in [0.5, 0.6) is 5.75 Å². The Hall–Kier alpha value is -3.42. The van der Waals surface area contributed by atoms with E-state index in [1.807, 2.05) is 36.4 Å². The lowest BCUT2D eigenvalue weighted by Gasteiger charge is -2.37. The maximum atomic E-state index is 12.2. The second-order valence-electron chi connectivity index (χ2n) is 7.68. The van der Waals surface area contributed by atoms with Crippen molar-refractivity contribution in [1.82, 2.24) is 20.2 Å². The van der Waals surface area contributed by atoms with E-state index in [1.54, 1.807) is 30.8 Å². The molecule has 162 valence electrons. The minimum absolute atomic E-state index is 0.327. The number of hydrogen-bond donors (Lipinski definition) is 1. The molecule has 3 aromatic rings. The summed E-state index contributed by atoms with van der Waals surface area (Å²) in [6.45, 7) is 2.12. The summed E-state index contributed by atoms with van der Waals surface area (Å²) >= 11 is 0. The second-order valence-corrected chi connectivity index (χ2v) is 7.68. The lowest BCUT2D eigenvalue weighted by atomic mass is 9.80. The summed E-state index contributed by atoms with van der Waals surface area (Å²) in [7, 11) is 1.66. The Morgan fingerprint density at radius 2 is 1.90 bits per heavy atom. The van der Waals surface area contributed by atoms with Crippen LogP contribution in [0.1, 0.15) is 55.2 Å². The Morgan fingerprint density at radius 3 is 2.61 bits per heavy atom. The van der Waals surface area contributed by atoms with Crippen molar-refractivity contribution < 1.29 is 14.3 Å². The van der Waals surface area contributed by atoms with E-state index in [1.165, 1.54) is 6.42 Å². The number of methoxy groups -OCH3 is 1. The first-order valence-electron chi connectivity index (χ1n) is 10.6. The minimum atomic E-state index is -0.406. The molecule has 31 heavy (non-hydrogen) atoms. The predicted octanol–water partition coefficient (Wildman–Crippen LogP) is 4.12. The molecule has 0 amide bonds. The van der Waals surface area contributed by atoms with Gasteiger partial charge >= 0.3 is 5.97 Å². The fourth-order valence-corrected chi connectivity index (χ4v) is 4.15. The summed E-state index contributed by atoms with van der Waals surface area (Å²) in [5, 5.41) is 16.4. The molecule has 4 rings (SSSR count). The zero-order chi connectivity index (χ0) is 21.7. The zero-order valence-electron chi connectivity index (χ0n) is 17.9. The van der Waals surface area contributed by atoms with E-state index in [0.717, 1.165) is 48.6 Å². The Balaban J connectivity index is 1.71. The van der Waals surface area contributed by atoms with E-state index in [4.69, 9.17) is 9.47 Å². The van der Waals surface area contributed by atoms with Gasteiger partial charge in [0.05, 0.1) is 30.5 Å². The van der Waals surface area contributed by atoms with E-state index in [-0.39, 0.29) is 5.97 Å². The topological polar surface area (TPSA) is 91.2 Å². The van der Waals surface area contributed by atoms with Crippen LogP contribution < -0.4 is 10.1 Å². The van der Waals surface area contributed by atoms with Crippen molar-refractivity contribution in [2.75, 3.05) is 19.0 Å². The summed E-state index contributed by atoms with van der Waals surface area (Å²) in [6.07, 6.45) is 5.18. The Kier molecular flexibility index (Phi) is 6.16. The standard InChI is InChI=1S/C23H27N5O3/c1-3-31-21(29)17-8-7-9-19(16-17)28-22(25-26-27-28)23(14-5-4-6-15-23)24-18-10-12-20(30-2)13-11-18/h7-13,16,24H,3-6,14-15H2,1-2H3. The van der Waals surface area contributed by atoms with Gasteiger partial charge in [-0.3, -0.25) is 0 Å². The second kappa shape index (κ2) is 9.16. The van der Waals surface area contributed by atoms with Crippen LogP contribution >= 0.6 is 0 Å². The molecular weight excluding hydrogens is 394 g/mol. The highest BCUT2D eigenvalue weighted by Gasteiger charge is 2.39. The van der Waals surface area contributed by atoms with Crippen molar-refractivity contribution in [2.45, 2.75) is 44.6 Å². The van der Waals surface area contributed by atoms with Gasteiger partial charge in [0.1, 0.15) is 5.75 Å². The van der Waals surface area contributed by atoms with Crippen molar-refractivity contribution in [1.29, 1.82) is 0 Å². The number of ether oxygens (including phenoxy) is 2. The number of esters is 1. The molecular formula is C23H27N5O3. The molecule has 1 aliphatic carbocycles. The van der Waals surface area contributed by atoms with Gasteiger partial charge in [-0.25, -0.2) is 4.79 Å². The number of anilines is 1. The number of hydrogen-bond acceptors (Lipinski definition) is 7. The van der Waals surface area contributed by atoms with Crippen LogP contribution in [0.4, 0.5) is 5.69 Å². The summed E-state index contributed by atoms with van der Waals surface area (Å²) in [6, 6.07) is 15.1. The summed E-state index contributed by atoms with van der Waals surface area (Å²) < 4.78 is 12.1. The first-order chi connectivity index (χ1) is 15.1. The van der Waals surface area contributed by atoms with Gasteiger partial charge in [-0.2, -0.15) is 4.68 Å². The van der Waals surface area contributed by atoms with Crippen LogP contribution in [0.3, 0.4) is 0 Å². The normalized spacial score (nSPS) is 15.3. The molecule has 0 bridgehead atoms. The van der Waals surface area contributed by atoms with Crippen molar-refractivity contribution in [3.8, 4) is 11.4 Å². The summed E-state index contributed by atoms with van der Waals surface area (Å²) in [5.41, 5.74) is 1.78. The largest absolute Gasteiger partial charge is 0.497 e. The van der Waals surface area contributed by atoms with Crippen LogP contribution in [0.25, 0.3) is 5.69 Å². The molecule has 0 radical (unpaired) electrons. The Bertz CT molecular complexity index is 1030. The molecule has 1 saturated carbocycles. The average Bonchev–Trinajstić information content (AvgIpc) is 3.31. The van der Waals surface area contributed by atoms with Crippen LogP contribution in [0.2, 0.25) is 0 Å². The van der Waals surface area contributed by atoms with Crippen LogP contribution in [-0.4, -0.2) is 39.9 Å². The van der Waals surface area contributed by atoms with Gasteiger partial charge in [-0.05, 0) is 72.7 Å². The maximum Gasteiger partial charge on any atom is 0.338 e. The fourth-order valence-electron chi connectivity index (χ4n) is 4.15. The molecule has 1 fully saturated rings. The van der Waals surface area contributed by atoms with Crippen molar-refractivity contribution >= 4 is 11.7 Å². The molecule has 8 heteroatoms. The molecule has 0 atom stereocenters. The molecule has 0 aliphatic heterocycles. The highest BCUT2D eigenvalue weighted by Crippen LogP contribution is 2.39. The quantitative estimate of drug-likeness (QED) is 0.574. The van der Waals surface area contributed by atoms with Crippen molar-refractivity contribution in [3.05, 3.63) is 59.9 Å². The molecule has 2 aromatic carbocycles. The van der Waals surface area contributed by atoms with Crippen LogP contribution in [0.15, 0.2) is 48.5 Å². The van der Waals surface area contributed by atoms with E-state index < -0.39 is 5.54 Å². The van der Waals surface area contributed by atoms with E-state index in [0.29, 0.717) is 12.2 Å². The van der Waals surface area contributed by atoms with Crippen molar-refractivity contribution in [2.24, 2.45) is 0 Å². The number of carbonyl (C=O) groups is 1. The monoisotopic (exact) mass is 421 g/mol. The zero-order valence-corrected chi connectivity index (χ0v) is 17.9. The predicted molar refractivity (Wildman–Crippen MR) is 116 cm³/mol.